The van der Waals surface area contributed by atoms with Crippen LogP contribution in [0.1, 0.15) is 5.56 Å². The molecule has 94 valence electrons. The van der Waals surface area contributed by atoms with Crippen molar-refractivity contribution >= 4 is 45.2 Å². The zero-order valence-electron chi connectivity index (χ0n) is 9.02. The van der Waals surface area contributed by atoms with E-state index in [0.717, 1.165) is 22.6 Å². The largest absolute Gasteiger partial charge is 0.381 e. The molecule has 0 fully saturated rings. The maximum atomic E-state index is 10.5. The fourth-order valence-electron chi connectivity index (χ4n) is 1.41. The molecule has 0 unspecified atom stereocenters. The summed E-state index contributed by atoms with van der Waals surface area (Å²) in [5, 5.41) is 16.6. The molecular formula is C11H8Cl2N2O2S. The summed E-state index contributed by atoms with van der Waals surface area (Å²) in [5.74, 6) is 0. The van der Waals surface area contributed by atoms with Crippen LogP contribution in [0.15, 0.2) is 29.6 Å². The van der Waals surface area contributed by atoms with Gasteiger partial charge in [-0.1, -0.05) is 34.5 Å². The van der Waals surface area contributed by atoms with E-state index < -0.39 is 4.92 Å². The first-order valence-corrected chi connectivity index (χ1v) is 6.60. The third-order valence-corrected chi connectivity index (χ3v) is 3.54. The van der Waals surface area contributed by atoms with Gasteiger partial charge in [0.1, 0.15) is 0 Å². The van der Waals surface area contributed by atoms with E-state index in [1.165, 1.54) is 0 Å². The van der Waals surface area contributed by atoms with Crippen LogP contribution >= 0.6 is 34.5 Å². The van der Waals surface area contributed by atoms with Crippen molar-refractivity contribution < 1.29 is 4.92 Å². The Bertz CT molecular complexity index is 566. The van der Waals surface area contributed by atoms with Gasteiger partial charge in [0.15, 0.2) is 0 Å². The summed E-state index contributed by atoms with van der Waals surface area (Å²) in [5.41, 5.74) is 1.63. The average molecular weight is 303 g/mol. The minimum absolute atomic E-state index is 0.135. The Morgan fingerprint density at radius 3 is 2.44 bits per heavy atom. The summed E-state index contributed by atoms with van der Waals surface area (Å²) in [6, 6.07) is 6.68. The summed E-state index contributed by atoms with van der Waals surface area (Å²) < 4.78 is 0. The topological polar surface area (TPSA) is 55.2 Å². The van der Waals surface area contributed by atoms with E-state index in [9.17, 15) is 10.1 Å². The van der Waals surface area contributed by atoms with Gasteiger partial charge in [-0.25, -0.2) is 0 Å². The molecule has 2 rings (SSSR count). The molecular weight excluding hydrogens is 295 g/mol. The molecule has 0 aliphatic heterocycles. The van der Waals surface area contributed by atoms with E-state index in [2.05, 4.69) is 5.32 Å². The van der Waals surface area contributed by atoms with E-state index in [-0.39, 0.29) is 5.00 Å². The van der Waals surface area contributed by atoms with E-state index >= 15 is 0 Å². The maximum absolute atomic E-state index is 10.5. The zero-order chi connectivity index (χ0) is 13.1. The number of hydrogen-bond donors (Lipinski definition) is 1. The highest BCUT2D eigenvalue weighted by Gasteiger charge is 2.09. The van der Waals surface area contributed by atoms with Crippen molar-refractivity contribution in [3.8, 4) is 0 Å². The molecule has 1 heterocycles. The van der Waals surface area contributed by atoms with E-state index in [0.29, 0.717) is 16.6 Å². The van der Waals surface area contributed by atoms with Crippen molar-refractivity contribution in [1.82, 2.24) is 0 Å². The van der Waals surface area contributed by atoms with Crippen LogP contribution in [0.25, 0.3) is 0 Å². The molecule has 4 nitrogen and oxygen atoms in total. The minimum atomic E-state index is -0.398. The summed E-state index contributed by atoms with van der Waals surface area (Å²) in [6.07, 6.45) is 0. The molecule has 1 N–H and O–H groups in total. The van der Waals surface area contributed by atoms with Gasteiger partial charge < -0.3 is 5.32 Å². The number of halogens is 2. The lowest BCUT2D eigenvalue weighted by Gasteiger charge is -2.05. The standard InChI is InChI=1S/C11H8Cl2N2O2S/c12-8-2-9(13)4-10(3-8)14-5-7-1-11(15(16)17)18-6-7/h1-4,6,14H,5H2. The number of nitrogens with zero attached hydrogens (tertiary/aromatic N) is 1. The Labute approximate surface area is 117 Å². The molecule has 0 aliphatic rings. The molecule has 7 heteroatoms. The van der Waals surface area contributed by atoms with Gasteiger partial charge in [0, 0.05) is 33.7 Å². The molecule has 0 saturated heterocycles. The quantitative estimate of drug-likeness (QED) is 0.664. The highest BCUT2D eigenvalue weighted by atomic mass is 35.5. The average Bonchev–Trinajstić information content (AvgIpc) is 2.73. The first-order chi connectivity index (χ1) is 8.54. The number of hydrogen-bond acceptors (Lipinski definition) is 4. The lowest BCUT2D eigenvalue weighted by Crippen LogP contribution is -1.97. The van der Waals surface area contributed by atoms with Crippen LogP contribution in [0.2, 0.25) is 10.0 Å². The van der Waals surface area contributed by atoms with Crippen molar-refractivity contribution in [3.05, 3.63) is 55.4 Å². The molecule has 0 atom stereocenters. The van der Waals surface area contributed by atoms with Crippen molar-refractivity contribution in [3.63, 3.8) is 0 Å². The van der Waals surface area contributed by atoms with Crippen LogP contribution in [0.4, 0.5) is 10.7 Å². The molecule has 0 saturated carbocycles. The Morgan fingerprint density at radius 1 is 1.22 bits per heavy atom. The lowest BCUT2D eigenvalue weighted by atomic mass is 10.3. The Hall–Kier alpha value is -1.30. The highest BCUT2D eigenvalue weighted by molar-refractivity contribution is 7.13. The first-order valence-electron chi connectivity index (χ1n) is 4.96. The second-order valence-corrected chi connectivity index (χ2v) is 5.32. The fraction of sp³-hybridized carbons (Fsp3) is 0.0909. The fourth-order valence-corrected chi connectivity index (χ4v) is 2.67. The molecule has 1 aromatic heterocycles. The maximum Gasteiger partial charge on any atom is 0.324 e. The van der Waals surface area contributed by atoms with Crippen LogP contribution < -0.4 is 5.32 Å². The van der Waals surface area contributed by atoms with Gasteiger partial charge in [0.05, 0.1) is 4.92 Å². The van der Waals surface area contributed by atoms with Crippen LogP contribution in [0.5, 0.6) is 0 Å². The van der Waals surface area contributed by atoms with Gasteiger partial charge in [-0.3, -0.25) is 10.1 Å². The Kier molecular flexibility index (Phi) is 4.06. The van der Waals surface area contributed by atoms with E-state index in [4.69, 9.17) is 23.2 Å². The smallest absolute Gasteiger partial charge is 0.324 e. The summed E-state index contributed by atoms with van der Waals surface area (Å²) in [4.78, 5) is 10.1. The molecule has 1 aromatic carbocycles. The Balaban J connectivity index is 2.04. The van der Waals surface area contributed by atoms with Gasteiger partial charge in [-0.05, 0) is 23.8 Å². The van der Waals surface area contributed by atoms with Crippen molar-refractivity contribution in [2.24, 2.45) is 0 Å². The summed E-state index contributed by atoms with van der Waals surface area (Å²) in [7, 11) is 0. The highest BCUT2D eigenvalue weighted by Crippen LogP contribution is 2.25. The second-order valence-electron chi connectivity index (χ2n) is 3.56. The molecule has 2 aromatic rings. The number of benzene rings is 1. The second kappa shape index (κ2) is 5.56. The predicted octanol–water partition coefficient (Wildman–Crippen LogP) is 4.58. The van der Waals surface area contributed by atoms with Crippen molar-refractivity contribution in [2.45, 2.75) is 6.54 Å². The number of thiophene rings is 1. The van der Waals surface area contributed by atoms with Crippen molar-refractivity contribution in [1.29, 1.82) is 0 Å². The molecule has 0 amide bonds. The Morgan fingerprint density at radius 2 is 1.89 bits per heavy atom. The minimum Gasteiger partial charge on any atom is -0.381 e. The van der Waals surface area contributed by atoms with E-state index in [1.807, 2.05) is 0 Å². The molecule has 0 radical (unpaired) electrons. The van der Waals surface area contributed by atoms with Gasteiger partial charge in [0.25, 0.3) is 0 Å². The van der Waals surface area contributed by atoms with Crippen LogP contribution in [-0.2, 0) is 6.54 Å². The molecule has 0 aliphatic carbocycles. The zero-order valence-corrected chi connectivity index (χ0v) is 11.4. The van der Waals surface area contributed by atoms with Gasteiger partial charge in [0.2, 0.25) is 0 Å². The molecule has 18 heavy (non-hydrogen) atoms. The summed E-state index contributed by atoms with van der Waals surface area (Å²) in [6.45, 7) is 0.487. The van der Waals surface area contributed by atoms with Gasteiger partial charge in [-0.2, -0.15) is 0 Å². The number of nitro groups is 1. The van der Waals surface area contributed by atoms with Crippen LogP contribution in [0.3, 0.4) is 0 Å². The van der Waals surface area contributed by atoms with Gasteiger partial charge in [-0.15, -0.1) is 0 Å². The molecule has 0 bridgehead atoms. The van der Waals surface area contributed by atoms with E-state index in [1.54, 1.807) is 29.6 Å². The lowest BCUT2D eigenvalue weighted by molar-refractivity contribution is -0.380. The number of anilines is 1. The third-order valence-electron chi connectivity index (χ3n) is 2.18. The SMILES string of the molecule is O=[N+]([O-])c1cc(CNc2cc(Cl)cc(Cl)c2)cs1. The third kappa shape index (κ3) is 3.35. The summed E-state index contributed by atoms with van der Waals surface area (Å²) >= 11 is 12.8. The number of nitrogens with one attached hydrogen (secondary N) is 1. The number of rotatable bonds is 4. The monoisotopic (exact) mass is 302 g/mol. The predicted molar refractivity (Wildman–Crippen MR) is 74.8 cm³/mol. The van der Waals surface area contributed by atoms with Crippen molar-refractivity contribution in [2.75, 3.05) is 5.32 Å². The first kappa shape index (κ1) is 13.1. The van der Waals surface area contributed by atoms with Crippen LogP contribution in [0, 0.1) is 10.1 Å². The normalized spacial score (nSPS) is 10.3. The van der Waals surface area contributed by atoms with Gasteiger partial charge >= 0.3 is 5.00 Å². The van der Waals surface area contributed by atoms with Crippen LogP contribution in [-0.4, -0.2) is 4.92 Å². The molecule has 0 spiro atoms.